The van der Waals surface area contributed by atoms with Gasteiger partial charge in [-0.25, -0.2) is 0 Å². The Kier molecular flexibility index (Phi) is 2.94. The summed E-state index contributed by atoms with van der Waals surface area (Å²) in [7, 11) is 0. The van der Waals surface area contributed by atoms with Gasteiger partial charge in [-0.1, -0.05) is 17.7 Å². The van der Waals surface area contributed by atoms with Crippen molar-refractivity contribution in [3.8, 4) is 0 Å². The molecule has 1 heterocycles. The molecule has 0 saturated carbocycles. The molecule has 0 aliphatic heterocycles. The number of rotatable bonds is 2. The number of benzene rings is 1. The molecule has 3 heteroatoms. The average molecular weight is 242 g/mol. The van der Waals surface area contributed by atoms with E-state index in [-0.39, 0.29) is 0 Å². The van der Waals surface area contributed by atoms with Crippen LogP contribution in [0.25, 0.3) is 10.9 Å². The zero-order chi connectivity index (χ0) is 11.0. The van der Waals surface area contributed by atoms with Crippen LogP contribution in [0.5, 0.6) is 0 Å². The first kappa shape index (κ1) is 10.8. The van der Waals surface area contributed by atoms with Crippen LogP contribution in [0.4, 0.5) is 0 Å². The van der Waals surface area contributed by atoms with Gasteiger partial charge >= 0.3 is 0 Å². The Morgan fingerprint density at radius 3 is 2.60 bits per heavy atom. The molecule has 0 bridgehead atoms. The minimum atomic E-state index is 0.372. The van der Waals surface area contributed by atoms with Gasteiger partial charge in [-0.2, -0.15) is 0 Å². The van der Waals surface area contributed by atoms with Gasteiger partial charge in [0.2, 0.25) is 0 Å². The molecular formula is C12H13Cl2N. The molecule has 1 aromatic heterocycles. The Bertz CT molecular complexity index is 486. The van der Waals surface area contributed by atoms with Gasteiger partial charge in [0, 0.05) is 22.8 Å². The Balaban J connectivity index is 2.68. The maximum atomic E-state index is 6.19. The lowest BCUT2D eigenvalue weighted by Gasteiger charge is -2.11. The van der Waals surface area contributed by atoms with Crippen LogP contribution in [0.15, 0.2) is 24.3 Å². The fourth-order valence-corrected chi connectivity index (χ4v) is 2.43. The molecular weight excluding hydrogens is 229 g/mol. The number of halogens is 2. The Morgan fingerprint density at radius 2 is 2.00 bits per heavy atom. The van der Waals surface area contributed by atoms with Gasteiger partial charge in [0.1, 0.15) is 5.15 Å². The summed E-state index contributed by atoms with van der Waals surface area (Å²) in [6.45, 7) is 4.25. The lowest BCUT2D eigenvalue weighted by Crippen LogP contribution is -1.99. The first-order valence-corrected chi connectivity index (χ1v) is 5.90. The van der Waals surface area contributed by atoms with Gasteiger partial charge in [0.05, 0.1) is 0 Å². The van der Waals surface area contributed by atoms with Crippen molar-refractivity contribution in [1.29, 1.82) is 0 Å². The zero-order valence-corrected chi connectivity index (χ0v) is 10.3. The van der Waals surface area contributed by atoms with E-state index in [9.17, 15) is 0 Å². The minimum Gasteiger partial charge on any atom is -0.329 e. The van der Waals surface area contributed by atoms with E-state index in [1.54, 1.807) is 0 Å². The predicted molar refractivity (Wildman–Crippen MR) is 66.9 cm³/mol. The van der Waals surface area contributed by atoms with Crippen LogP contribution in [0.1, 0.15) is 25.5 Å². The third-order valence-electron chi connectivity index (χ3n) is 2.53. The summed E-state index contributed by atoms with van der Waals surface area (Å²) in [5.74, 6) is 0.542. The standard InChI is InChI=1S/C12H13Cl2N/c1-8(2)15-11-4-3-9(7-13)5-10(11)6-12(15)14/h3-6,8H,7H2,1-2H3. The molecule has 0 spiro atoms. The highest BCUT2D eigenvalue weighted by Gasteiger charge is 2.09. The van der Waals surface area contributed by atoms with Gasteiger partial charge in [0.25, 0.3) is 0 Å². The molecule has 80 valence electrons. The maximum absolute atomic E-state index is 6.19. The number of alkyl halides is 1. The Morgan fingerprint density at radius 1 is 1.27 bits per heavy atom. The van der Waals surface area contributed by atoms with Crippen molar-refractivity contribution in [1.82, 2.24) is 4.57 Å². The van der Waals surface area contributed by atoms with Crippen LogP contribution in [-0.4, -0.2) is 4.57 Å². The van der Waals surface area contributed by atoms with E-state index in [1.165, 1.54) is 5.52 Å². The molecule has 1 aromatic carbocycles. The normalized spacial score (nSPS) is 11.5. The van der Waals surface area contributed by atoms with Crippen molar-refractivity contribution in [2.45, 2.75) is 25.8 Å². The molecule has 0 unspecified atom stereocenters. The van der Waals surface area contributed by atoms with Crippen LogP contribution in [0.2, 0.25) is 5.15 Å². The number of aromatic nitrogens is 1. The Labute approximate surface area is 99.6 Å². The lowest BCUT2D eigenvalue weighted by atomic mass is 10.2. The second-order valence-electron chi connectivity index (χ2n) is 3.96. The highest BCUT2D eigenvalue weighted by Crippen LogP contribution is 2.28. The number of nitrogens with zero attached hydrogens (tertiary/aromatic N) is 1. The summed E-state index contributed by atoms with van der Waals surface area (Å²) in [5, 5.41) is 1.94. The van der Waals surface area contributed by atoms with E-state index in [4.69, 9.17) is 23.2 Å². The monoisotopic (exact) mass is 241 g/mol. The molecule has 0 atom stereocenters. The Hall–Kier alpha value is -0.660. The number of hydrogen-bond acceptors (Lipinski definition) is 0. The van der Waals surface area contributed by atoms with Crippen LogP contribution >= 0.6 is 23.2 Å². The molecule has 0 saturated heterocycles. The summed E-state index contributed by atoms with van der Waals surface area (Å²) < 4.78 is 2.12. The molecule has 0 fully saturated rings. The van der Waals surface area contributed by atoms with E-state index < -0.39 is 0 Å². The van der Waals surface area contributed by atoms with Crippen molar-refractivity contribution in [3.63, 3.8) is 0 Å². The van der Waals surface area contributed by atoms with Crippen molar-refractivity contribution in [2.75, 3.05) is 0 Å². The van der Waals surface area contributed by atoms with Gasteiger partial charge < -0.3 is 4.57 Å². The van der Waals surface area contributed by atoms with Gasteiger partial charge in [-0.3, -0.25) is 0 Å². The topological polar surface area (TPSA) is 4.93 Å². The van der Waals surface area contributed by atoms with Crippen molar-refractivity contribution in [3.05, 3.63) is 35.0 Å². The second-order valence-corrected chi connectivity index (χ2v) is 4.61. The van der Waals surface area contributed by atoms with Crippen LogP contribution in [-0.2, 0) is 5.88 Å². The van der Waals surface area contributed by atoms with Crippen LogP contribution in [0, 0.1) is 0 Å². The molecule has 0 amide bonds. The van der Waals surface area contributed by atoms with E-state index >= 15 is 0 Å². The molecule has 0 aliphatic rings. The summed E-state index contributed by atoms with van der Waals surface area (Å²) in [6.07, 6.45) is 0. The first-order chi connectivity index (χ1) is 7.13. The highest BCUT2D eigenvalue weighted by molar-refractivity contribution is 6.31. The maximum Gasteiger partial charge on any atom is 0.110 e. The lowest BCUT2D eigenvalue weighted by molar-refractivity contribution is 0.624. The fraction of sp³-hybridized carbons (Fsp3) is 0.333. The molecule has 2 rings (SSSR count). The number of fused-ring (bicyclic) bond motifs is 1. The minimum absolute atomic E-state index is 0.372. The third-order valence-corrected chi connectivity index (χ3v) is 3.13. The zero-order valence-electron chi connectivity index (χ0n) is 8.80. The van der Waals surface area contributed by atoms with E-state index in [0.29, 0.717) is 11.9 Å². The molecule has 0 aliphatic carbocycles. The molecule has 2 aromatic rings. The van der Waals surface area contributed by atoms with Crippen molar-refractivity contribution in [2.24, 2.45) is 0 Å². The van der Waals surface area contributed by atoms with E-state index in [1.807, 2.05) is 12.1 Å². The highest BCUT2D eigenvalue weighted by atomic mass is 35.5. The first-order valence-electron chi connectivity index (χ1n) is 4.99. The third kappa shape index (κ3) is 1.86. The largest absolute Gasteiger partial charge is 0.329 e. The van der Waals surface area contributed by atoms with Gasteiger partial charge in [0.15, 0.2) is 0 Å². The van der Waals surface area contributed by atoms with E-state index in [0.717, 1.165) is 16.1 Å². The molecule has 1 nitrogen and oxygen atoms in total. The molecule has 0 N–H and O–H groups in total. The van der Waals surface area contributed by atoms with Crippen molar-refractivity contribution >= 4 is 34.1 Å². The molecule has 0 radical (unpaired) electrons. The van der Waals surface area contributed by atoms with E-state index in [2.05, 4.69) is 30.5 Å². The average Bonchev–Trinajstić information content (AvgIpc) is 2.52. The van der Waals surface area contributed by atoms with Crippen LogP contribution in [0.3, 0.4) is 0 Å². The quantitative estimate of drug-likeness (QED) is 0.677. The summed E-state index contributed by atoms with van der Waals surface area (Å²) in [5.41, 5.74) is 2.30. The van der Waals surface area contributed by atoms with Gasteiger partial charge in [-0.05, 0) is 37.6 Å². The fourth-order valence-electron chi connectivity index (χ4n) is 1.86. The summed E-state index contributed by atoms with van der Waals surface area (Å²) in [4.78, 5) is 0. The number of hydrogen-bond donors (Lipinski definition) is 0. The second kappa shape index (κ2) is 4.07. The summed E-state index contributed by atoms with van der Waals surface area (Å²) in [6, 6.07) is 8.58. The predicted octanol–water partition coefficient (Wildman–Crippen LogP) is 4.61. The SMILES string of the molecule is CC(C)n1c(Cl)cc2cc(CCl)ccc21. The van der Waals surface area contributed by atoms with Crippen molar-refractivity contribution < 1.29 is 0 Å². The smallest absolute Gasteiger partial charge is 0.110 e. The molecule has 15 heavy (non-hydrogen) atoms. The van der Waals surface area contributed by atoms with Gasteiger partial charge in [-0.15, -0.1) is 11.6 Å². The summed E-state index contributed by atoms with van der Waals surface area (Å²) >= 11 is 12.0. The van der Waals surface area contributed by atoms with Crippen LogP contribution < -0.4 is 0 Å².